The van der Waals surface area contributed by atoms with E-state index >= 15 is 0 Å². The van der Waals surface area contributed by atoms with E-state index in [-0.39, 0.29) is 5.79 Å². The van der Waals surface area contributed by atoms with Crippen LogP contribution in [0.25, 0.3) is 0 Å². The lowest BCUT2D eigenvalue weighted by molar-refractivity contribution is -0.169. The van der Waals surface area contributed by atoms with Crippen LogP contribution in [0.2, 0.25) is 0 Å². The maximum Gasteiger partial charge on any atom is 0.171 e. The van der Waals surface area contributed by atoms with E-state index < -0.39 is 0 Å². The minimum Gasteiger partial charge on any atom is -0.371 e. The van der Waals surface area contributed by atoms with Crippen molar-refractivity contribution >= 4 is 11.4 Å². The summed E-state index contributed by atoms with van der Waals surface area (Å²) in [5, 5.41) is 0. The molecule has 0 bridgehead atoms. The zero-order chi connectivity index (χ0) is 16.0. The van der Waals surface area contributed by atoms with E-state index in [4.69, 9.17) is 15.9 Å². The molecule has 2 aliphatic heterocycles. The van der Waals surface area contributed by atoms with E-state index in [9.17, 15) is 0 Å². The maximum absolute atomic E-state index is 5.75. The number of nitrogens with zero attached hydrogens (tertiary/aromatic N) is 2. The maximum atomic E-state index is 5.75. The normalized spacial score (nSPS) is 19.3. The summed E-state index contributed by atoms with van der Waals surface area (Å²) in [6.45, 7) is 7.38. The van der Waals surface area contributed by atoms with Crippen LogP contribution in [0.1, 0.15) is 26.7 Å². The van der Waals surface area contributed by atoms with Gasteiger partial charge >= 0.3 is 0 Å². The number of anilines is 2. The SMILES string of the molecule is C#CN(C)c1ccc(N2CCC3(CC2)OCCO3)cc1.CC. The summed E-state index contributed by atoms with van der Waals surface area (Å²) in [4.78, 5) is 4.14. The van der Waals surface area contributed by atoms with E-state index in [1.165, 1.54) is 5.69 Å². The van der Waals surface area contributed by atoms with Gasteiger partial charge in [-0.2, -0.15) is 0 Å². The fourth-order valence-corrected chi connectivity index (χ4v) is 2.85. The summed E-state index contributed by atoms with van der Waals surface area (Å²) in [5.74, 6) is -0.305. The molecule has 0 amide bonds. The molecule has 22 heavy (non-hydrogen) atoms. The van der Waals surface area contributed by atoms with Crippen LogP contribution in [-0.4, -0.2) is 39.1 Å². The topological polar surface area (TPSA) is 24.9 Å². The Morgan fingerprint density at radius 1 is 1.09 bits per heavy atom. The standard InChI is InChI=1S/C16H20N2O2.C2H6/c1-3-17(2)14-4-6-15(7-5-14)18-10-8-16(9-11-18)19-12-13-20-16;1-2/h1,4-7H,8-13H2,2H3;1-2H3. The zero-order valence-corrected chi connectivity index (χ0v) is 13.8. The summed E-state index contributed by atoms with van der Waals surface area (Å²) < 4.78 is 11.5. The summed E-state index contributed by atoms with van der Waals surface area (Å²) in [7, 11) is 1.88. The second-order valence-corrected chi connectivity index (χ2v) is 5.30. The Morgan fingerprint density at radius 2 is 1.64 bits per heavy atom. The average molecular weight is 302 g/mol. The van der Waals surface area contributed by atoms with E-state index in [1.807, 2.05) is 20.9 Å². The molecular weight excluding hydrogens is 276 g/mol. The molecule has 2 aliphatic rings. The highest BCUT2D eigenvalue weighted by atomic mass is 16.7. The summed E-state index contributed by atoms with van der Waals surface area (Å²) >= 11 is 0. The number of hydrogen-bond donors (Lipinski definition) is 0. The van der Waals surface area contributed by atoms with Crippen LogP contribution in [0.5, 0.6) is 0 Å². The highest BCUT2D eigenvalue weighted by Crippen LogP contribution is 2.33. The fraction of sp³-hybridized carbons (Fsp3) is 0.556. The zero-order valence-electron chi connectivity index (χ0n) is 13.8. The van der Waals surface area contributed by atoms with Crippen molar-refractivity contribution < 1.29 is 9.47 Å². The van der Waals surface area contributed by atoms with Crippen LogP contribution in [-0.2, 0) is 9.47 Å². The Morgan fingerprint density at radius 3 is 2.14 bits per heavy atom. The molecule has 1 aromatic carbocycles. The second kappa shape index (κ2) is 7.53. The molecule has 0 atom stereocenters. The van der Waals surface area contributed by atoms with Gasteiger partial charge in [0.05, 0.1) is 13.2 Å². The van der Waals surface area contributed by atoms with Gasteiger partial charge in [0.1, 0.15) is 0 Å². The lowest BCUT2D eigenvalue weighted by Gasteiger charge is -2.38. The lowest BCUT2D eigenvalue weighted by Crippen LogP contribution is -2.45. The van der Waals surface area contributed by atoms with E-state index in [2.05, 4.69) is 35.2 Å². The van der Waals surface area contributed by atoms with Crippen molar-refractivity contribution in [3.05, 3.63) is 24.3 Å². The van der Waals surface area contributed by atoms with Gasteiger partial charge in [-0.05, 0) is 24.3 Å². The number of piperidine rings is 1. The Hall–Kier alpha value is -1.70. The minimum absolute atomic E-state index is 0.305. The van der Waals surface area contributed by atoms with Crippen molar-refractivity contribution in [1.82, 2.24) is 0 Å². The molecule has 0 saturated carbocycles. The molecule has 0 aliphatic carbocycles. The quantitative estimate of drug-likeness (QED) is 0.619. The first-order valence-electron chi connectivity index (χ1n) is 8.05. The molecule has 0 radical (unpaired) electrons. The Kier molecular flexibility index (Phi) is 5.70. The predicted octanol–water partition coefficient (Wildman–Crippen LogP) is 3.08. The summed E-state index contributed by atoms with van der Waals surface area (Å²) in [5.41, 5.74) is 2.26. The number of benzene rings is 1. The molecular formula is C18H26N2O2. The first-order valence-corrected chi connectivity index (χ1v) is 8.05. The average Bonchev–Trinajstić information content (AvgIpc) is 3.05. The summed E-state index contributed by atoms with van der Waals surface area (Å²) in [6, 6.07) is 11.0. The number of hydrogen-bond acceptors (Lipinski definition) is 4. The van der Waals surface area contributed by atoms with Gasteiger partial charge in [0.2, 0.25) is 0 Å². The molecule has 120 valence electrons. The molecule has 0 N–H and O–H groups in total. The molecule has 3 rings (SSSR count). The van der Waals surface area contributed by atoms with Gasteiger partial charge in [-0.25, -0.2) is 0 Å². The highest BCUT2D eigenvalue weighted by Gasteiger charge is 2.39. The minimum atomic E-state index is -0.305. The molecule has 1 spiro atoms. The van der Waals surface area contributed by atoms with Gasteiger partial charge in [0.25, 0.3) is 0 Å². The smallest absolute Gasteiger partial charge is 0.171 e. The van der Waals surface area contributed by atoms with Crippen molar-refractivity contribution in [3.63, 3.8) is 0 Å². The number of rotatable bonds is 2. The molecule has 4 heteroatoms. The van der Waals surface area contributed by atoms with Crippen molar-refractivity contribution in [2.75, 3.05) is 43.2 Å². The van der Waals surface area contributed by atoms with Crippen LogP contribution >= 0.6 is 0 Å². The Balaban J connectivity index is 0.000000847. The lowest BCUT2D eigenvalue weighted by atomic mass is 10.0. The van der Waals surface area contributed by atoms with Crippen LogP contribution in [0.15, 0.2) is 24.3 Å². The van der Waals surface area contributed by atoms with Gasteiger partial charge in [-0.1, -0.05) is 20.3 Å². The third-order valence-electron chi connectivity index (χ3n) is 4.13. The monoisotopic (exact) mass is 302 g/mol. The second-order valence-electron chi connectivity index (χ2n) is 5.30. The molecule has 2 heterocycles. The van der Waals surface area contributed by atoms with Crippen molar-refractivity contribution in [3.8, 4) is 12.5 Å². The fourth-order valence-electron chi connectivity index (χ4n) is 2.85. The van der Waals surface area contributed by atoms with Gasteiger partial charge in [-0.15, -0.1) is 0 Å². The van der Waals surface area contributed by atoms with Crippen LogP contribution in [0, 0.1) is 12.5 Å². The van der Waals surface area contributed by atoms with Crippen molar-refractivity contribution in [2.24, 2.45) is 0 Å². The largest absolute Gasteiger partial charge is 0.371 e. The Bertz CT molecular complexity index is 491. The van der Waals surface area contributed by atoms with Crippen LogP contribution in [0.4, 0.5) is 11.4 Å². The first-order chi connectivity index (χ1) is 10.7. The first kappa shape index (κ1) is 16.7. The van der Waals surface area contributed by atoms with Crippen LogP contribution < -0.4 is 9.80 Å². The van der Waals surface area contributed by atoms with Crippen LogP contribution in [0.3, 0.4) is 0 Å². The summed E-state index contributed by atoms with van der Waals surface area (Å²) in [6.07, 6.45) is 7.25. The molecule has 4 nitrogen and oxygen atoms in total. The third kappa shape index (κ3) is 3.55. The predicted molar refractivity (Wildman–Crippen MR) is 91.1 cm³/mol. The van der Waals surface area contributed by atoms with E-state index in [0.717, 1.165) is 44.8 Å². The van der Waals surface area contributed by atoms with E-state index in [1.54, 1.807) is 4.90 Å². The van der Waals surface area contributed by atoms with Gasteiger partial charge < -0.3 is 19.3 Å². The van der Waals surface area contributed by atoms with Crippen molar-refractivity contribution in [2.45, 2.75) is 32.5 Å². The molecule has 0 unspecified atom stereocenters. The highest BCUT2D eigenvalue weighted by molar-refractivity contribution is 5.58. The molecule has 2 saturated heterocycles. The Labute approximate surface area is 134 Å². The molecule has 2 fully saturated rings. The van der Waals surface area contributed by atoms with Gasteiger partial charge in [-0.3, -0.25) is 0 Å². The number of terminal acetylenes is 1. The molecule has 1 aromatic rings. The van der Waals surface area contributed by atoms with Gasteiger partial charge in [0, 0.05) is 50.4 Å². The molecule has 0 aromatic heterocycles. The van der Waals surface area contributed by atoms with E-state index in [0.29, 0.717) is 0 Å². The van der Waals surface area contributed by atoms with Gasteiger partial charge in [0.15, 0.2) is 5.79 Å². The number of ether oxygens (including phenoxy) is 2. The van der Waals surface area contributed by atoms with Crippen molar-refractivity contribution in [1.29, 1.82) is 0 Å². The third-order valence-corrected chi connectivity index (χ3v) is 4.13.